The molecule has 35 heavy (non-hydrogen) atoms. The van der Waals surface area contributed by atoms with Gasteiger partial charge in [0.1, 0.15) is 12.7 Å². The van der Waals surface area contributed by atoms with Crippen LogP contribution < -0.4 is 14.8 Å². The highest BCUT2D eigenvalue weighted by molar-refractivity contribution is 6.04. The number of hydrogen-bond acceptors (Lipinski definition) is 7. The standard InChI is InChI=1S/C26H27N3O6/c1-33-22-10-7-19(12-23(22)34-2)26(32)28-20-8-5-18(6-9-20)25-21(15-30)29(24(31)16-35-25)14-17-4-3-11-27-13-17/h3-13,21,25,30H,14-16H2,1-2H3,(H,28,32). The lowest BCUT2D eigenvalue weighted by Crippen LogP contribution is -2.52. The van der Waals surface area contributed by atoms with Crippen molar-refractivity contribution in [2.24, 2.45) is 0 Å². The molecule has 2 N–H and O–H groups in total. The first-order valence-electron chi connectivity index (χ1n) is 11.1. The lowest BCUT2D eigenvalue weighted by Gasteiger charge is -2.40. The first kappa shape index (κ1) is 24.2. The van der Waals surface area contributed by atoms with E-state index in [0.29, 0.717) is 29.3 Å². The zero-order chi connectivity index (χ0) is 24.8. The topological polar surface area (TPSA) is 110 Å². The molecule has 0 aliphatic carbocycles. The van der Waals surface area contributed by atoms with E-state index in [2.05, 4.69) is 10.3 Å². The van der Waals surface area contributed by atoms with Crippen LogP contribution in [0, 0.1) is 0 Å². The number of aliphatic hydroxyl groups is 1. The largest absolute Gasteiger partial charge is 0.493 e. The number of carbonyl (C=O) groups is 2. The number of aromatic nitrogens is 1. The van der Waals surface area contributed by atoms with Crippen LogP contribution >= 0.6 is 0 Å². The SMILES string of the molecule is COc1ccc(C(=O)Nc2ccc(C3OCC(=O)N(Cc4cccnc4)C3CO)cc2)cc1OC. The van der Waals surface area contributed by atoms with E-state index in [1.807, 2.05) is 18.2 Å². The fourth-order valence-electron chi connectivity index (χ4n) is 4.05. The first-order chi connectivity index (χ1) is 17.0. The Morgan fingerprint density at radius 3 is 2.57 bits per heavy atom. The van der Waals surface area contributed by atoms with Gasteiger partial charge in [-0.05, 0) is 47.5 Å². The summed E-state index contributed by atoms with van der Waals surface area (Å²) in [6.45, 7) is -0.00903. The smallest absolute Gasteiger partial charge is 0.255 e. The van der Waals surface area contributed by atoms with Crippen molar-refractivity contribution in [3.8, 4) is 11.5 Å². The summed E-state index contributed by atoms with van der Waals surface area (Å²) in [5, 5.41) is 13.0. The van der Waals surface area contributed by atoms with Crippen molar-refractivity contribution in [3.05, 3.63) is 83.7 Å². The maximum Gasteiger partial charge on any atom is 0.255 e. The molecular formula is C26H27N3O6. The zero-order valence-electron chi connectivity index (χ0n) is 19.5. The quantitative estimate of drug-likeness (QED) is 0.513. The number of ether oxygens (including phenoxy) is 3. The molecule has 1 saturated heterocycles. The summed E-state index contributed by atoms with van der Waals surface area (Å²) in [5.74, 6) is 0.512. The third-order valence-corrected chi connectivity index (χ3v) is 5.86. The van der Waals surface area contributed by atoms with Gasteiger partial charge in [0.05, 0.1) is 26.9 Å². The van der Waals surface area contributed by atoms with Gasteiger partial charge in [-0.1, -0.05) is 18.2 Å². The predicted molar refractivity (Wildman–Crippen MR) is 128 cm³/mol. The number of rotatable bonds is 8. The first-order valence-corrected chi connectivity index (χ1v) is 11.1. The molecule has 1 aliphatic heterocycles. The second-order valence-corrected chi connectivity index (χ2v) is 8.01. The average Bonchev–Trinajstić information content (AvgIpc) is 2.90. The summed E-state index contributed by atoms with van der Waals surface area (Å²) in [4.78, 5) is 31.0. The van der Waals surface area contributed by atoms with E-state index >= 15 is 0 Å². The van der Waals surface area contributed by atoms with Crippen LogP contribution in [-0.2, 0) is 16.1 Å². The number of carbonyl (C=O) groups excluding carboxylic acids is 2. The maximum atomic E-state index is 12.7. The van der Waals surface area contributed by atoms with Crippen LogP contribution in [0.2, 0.25) is 0 Å². The summed E-state index contributed by atoms with van der Waals surface area (Å²) in [6.07, 6.45) is 2.86. The van der Waals surface area contributed by atoms with Crippen LogP contribution in [0.5, 0.6) is 11.5 Å². The Morgan fingerprint density at radius 2 is 1.91 bits per heavy atom. The summed E-state index contributed by atoms with van der Waals surface area (Å²) < 4.78 is 16.3. The number of amides is 2. The predicted octanol–water partition coefficient (Wildman–Crippen LogP) is 2.81. The highest BCUT2D eigenvalue weighted by Crippen LogP contribution is 2.31. The van der Waals surface area contributed by atoms with Crippen molar-refractivity contribution in [1.29, 1.82) is 0 Å². The Balaban J connectivity index is 1.47. The molecular weight excluding hydrogens is 450 g/mol. The van der Waals surface area contributed by atoms with Crippen molar-refractivity contribution >= 4 is 17.5 Å². The molecule has 4 rings (SSSR count). The van der Waals surface area contributed by atoms with Gasteiger partial charge in [-0.3, -0.25) is 14.6 Å². The molecule has 2 heterocycles. The Hall–Kier alpha value is -3.95. The number of methoxy groups -OCH3 is 2. The van der Waals surface area contributed by atoms with E-state index in [4.69, 9.17) is 14.2 Å². The number of nitrogens with zero attached hydrogens (tertiary/aromatic N) is 2. The van der Waals surface area contributed by atoms with Gasteiger partial charge in [0.15, 0.2) is 11.5 Å². The monoisotopic (exact) mass is 477 g/mol. The van der Waals surface area contributed by atoms with Gasteiger partial charge in [0.25, 0.3) is 5.91 Å². The highest BCUT2D eigenvalue weighted by Gasteiger charge is 2.37. The second kappa shape index (κ2) is 11.0. The van der Waals surface area contributed by atoms with Gasteiger partial charge >= 0.3 is 0 Å². The van der Waals surface area contributed by atoms with Crippen LogP contribution in [0.1, 0.15) is 27.6 Å². The minimum atomic E-state index is -0.552. The third-order valence-electron chi connectivity index (χ3n) is 5.86. The lowest BCUT2D eigenvalue weighted by molar-refractivity contribution is -0.162. The van der Waals surface area contributed by atoms with Crippen molar-refractivity contribution in [1.82, 2.24) is 9.88 Å². The van der Waals surface area contributed by atoms with Gasteiger partial charge in [-0.2, -0.15) is 0 Å². The Kier molecular flexibility index (Phi) is 7.59. The van der Waals surface area contributed by atoms with Crippen LogP contribution in [0.3, 0.4) is 0 Å². The fourth-order valence-corrected chi connectivity index (χ4v) is 4.05. The maximum absolute atomic E-state index is 12.7. The van der Waals surface area contributed by atoms with Gasteiger partial charge in [0.2, 0.25) is 5.91 Å². The molecule has 1 aromatic heterocycles. The molecule has 0 radical (unpaired) electrons. The van der Waals surface area contributed by atoms with Gasteiger partial charge in [-0.25, -0.2) is 0 Å². The molecule has 3 aromatic rings. The Bertz CT molecular complexity index is 1170. The van der Waals surface area contributed by atoms with E-state index in [-0.39, 0.29) is 25.0 Å². The molecule has 2 aromatic carbocycles. The number of benzene rings is 2. The Morgan fingerprint density at radius 1 is 1.14 bits per heavy atom. The normalized spacial score (nSPS) is 17.7. The number of hydrogen-bond donors (Lipinski definition) is 2. The molecule has 182 valence electrons. The van der Waals surface area contributed by atoms with Crippen molar-refractivity contribution < 1.29 is 28.9 Å². The van der Waals surface area contributed by atoms with E-state index < -0.39 is 12.1 Å². The summed E-state index contributed by atoms with van der Waals surface area (Å²) >= 11 is 0. The van der Waals surface area contributed by atoms with Crippen molar-refractivity contribution in [2.75, 3.05) is 32.8 Å². The number of aliphatic hydroxyl groups excluding tert-OH is 1. The van der Waals surface area contributed by atoms with Gasteiger partial charge in [-0.15, -0.1) is 0 Å². The zero-order valence-corrected chi connectivity index (χ0v) is 19.5. The minimum absolute atomic E-state index is 0.0841. The number of morpholine rings is 1. The number of anilines is 1. The minimum Gasteiger partial charge on any atom is -0.493 e. The second-order valence-electron chi connectivity index (χ2n) is 8.01. The van der Waals surface area contributed by atoms with Crippen LogP contribution in [-0.4, -0.2) is 60.3 Å². The lowest BCUT2D eigenvalue weighted by atomic mass is 9.98. The molecule has 0 bridgehead atoms. The third kappa shape index (κ3) is 5.42. The Labute approximate surface area is 203 Å². The molecule has 2 atom stereocenters. The molecule has 2 unspecified atom stereocenters. The highest BCUT2D eigenvalue weighted by atomic mass is 16.5. The number of pyridine rings is 1. The van der Waals surface area contributed by atoms with Crippen LogP contribution in [0.25, 0.3) is 0 Å². The van der Waals surface area contributed by atoms with Crippen LogP contribution in [0.4, 0.5) is 5.69 Å². The molecule has 2 amide bonds. The number of nitrogens with one attached hydrogen (secondary N) is 1. The molecule has 9 heteroatoms. The summed E-state index contributed by atoms with van der Waals surface area (Å²) in [6, 6.07) is 15.2. The molecule has 0 saturated carbocycles. The molecule has 9 nitrogen and oxygen atoms in total. The fraction of sp³-hybridized carbons (Fsp3) is 0.269. The van der Waals surface area contributed by atoms with Gasteiger partial charge < -0.3 is 29.5 Å². The van der Waals surface area contributed by atoms with E-state index in [0.717, 1.165) is 11.1 Å². The molecule has 0 spiro atoms. The molecule has 1 aliphatic rings. The summed E-state index contributed by atoms with van der Waals surface area (Å²) in [5.41, 5.74) is 2.67. The van der Waals surface area contributed by atoms with E-state index in [9.17, 15) is 14.7 Å². The van der Waals surface area contributed by atoms with E-state index in [1.54, 1.807) is 53.7 Å². The van der Waals surface area contributed by atoms with Gasteiger partial charge in [0, 0.05) is 30.2 Å². The van der Waals surface area contributed by atoms with E-state index in [1.165, 1.54) is 14.2 Å². The van der Waals surface area contributed by atoms with Crippen molar-refractivity contribution in [2.45, 2.75) is 18.7 Å². The summed E-state index contributed by atoms with van der Waals surface area (Å²) in [7, 11) is 3.04. The van der Waals surface area contributed by atoms with Crippen LogP contribution in [0.15, 0.2) is 67.0 Å². The van der Waals surface area contributed by atoms with Crippen molar-refractivity contribution in [3.63, 3.8) is 0 Å². The average molecular weight is 478 g/mol. The molecule has 1 fully saturated rings.